The first-order valence-corrected chi connectivity index (χ1v) is 9.52. The normalized spacial score (nSPS) is 21.2. The predicted octanol–water partition coefficient (Wildman–Crippen LogP) is 2.26. The number of aromatic nitrogens is 2. The van der Waals surface area contributed by atoms with E-state index in [-0.39, 0.29) is 18.4 Å². The molecule has 2 heterocycles. The fourth-order valence-corrected chi connectivity index (χ4v) is 4.08. The van der Waals surface area contributed by atoms with E-state index in [1.54, 1.807) is 0 Å². The Kier molecular flexibility index (Phi) is 5.57. The van der Waals surface area contributed by atoms with Crippen molar-refractivity contribution < 1.29 is 9.90 Å². The van der Waals surface area contributed by atoms with Gasteiger partial charge in [-0.05, 0) is 39.5 Å². The third kappa shape index (κ3) is 4.91. The van der Waals surface area contributed by atoms with Crippen LogP contribution < -0.4 is 10.2 Å². The van der Waals surface area contributed by atoms with Gasteiger partial charge in [0.1, 0.15) is 11.6 Å². The largest absolute Gasteiger partial charge is 0.389 e. The molecule has 0 unspecified atom stereocenters. The van der Waals surface area contributed by atoms with Crippen LogP contribution in [0.2, 0.25) is 0 Å². The molecule has 1 amide bonds. The molecule has 0 bridgehead atoms. The molecule has 1 aliphatic heterocycles. The van der Waals surface area contributed by atoms with Gasteiger partial charge >= 0.3 is 0 Å². The minimum absolute atomic E-state index is 0.00317. The molecule has 1 aromatic rings. The Morgan fingerprint density at radius 3 is 2.56 bits per heavy atom. The Labute approximate surface area is 150 Å². The first kappa shape index (κ1) is 18.1. The summed E-state index contributed by atoms with van der Waals surface area (Å²) < 4.78 is 0. The molecule has 25 heavy (non-hydrogen) atoms. The third-order valence-corrected chi connectivity index (χ3v) is 5.41. The number of nitrogens with one attached hydrogen (secondary N) is 1. The van der Waals surface area contributed by atoms with Crippen molar-refractivity contribution in [3.63, 3.8) is 0 Å². The number of piperidine rings is 1. The Morgan fingerprint density at radius 2 is 1.92 bits per heavy atom. The Morgan fingerprint density at radius 1 is 1.24 bits per heavy atom. The molecule has 3 rings (SSSR count). The van der Waals surface area contributed by atoms with Crippen molar-refractivity contribution in [3.8, 4) is 0 Å². The molecule has 0 aromatic carbocycles. The lowest BCUT2D eigenvalue weighted by molar-refractivity contribution is -0.128. The van der Waals surface area contributed by atoms with Gasteiger partial charge in [0.2, 0.25) is 5.91 Å². The number of hydrogen-bond donors (Lipinski definition) is 2. The van der Waals surface area contributed by atoms with Gasteiger partial charge in [-0.3, -0.25) is 4.79 Å². The van der Waals surface area contributed by atoms with Crippen LogP contribution >= 0.6 is 0 Å². The van der Waals surface area contributed by atoms with E-state index in [1.807, 2.05) is 19.9 Å². The molecule has 1 saturated heterocycles. The zero-order valence-corrected chi connectivity index (χ0v) is 15.4. The quantitative estimate of drug-likeness (QED) is 0.874. The SMILES string of the molecule is Cc1cc(N2CCC(NC(=O)CC3(O)CCCCC3)CC2)nc(C)n1. The minimum Gasteiger partial charge on any atom is -0.389 e. The Hall–Kier alpha value is -1.69. The van der Waals surface area contributed by atoms with Gasteiger partial charge in [-0.1, -0.05) is 19.3 Å². The van der Waals surface area contributed by atoms with Gasteiger partial charge in [-0.15, -0.1) is 0 Å². The summed E-state index contributed by atoms with van der Waals surface area (Å²) in [6.07, 6.45) is 6.80. The maximum absolute atomic E-state index is 12.3. The first-order chi connectivity index (χ1) is 11.9. The average molecular weight is 346 g/mol. The highest BCUT2D eigenvalue weighted by Gasteiger charge is 2.32. The third-order valence-electron chi connectivity index (χ3n) is 5.41. The summed E-state index contributed by atoms with van der Waals surface area (Å²) in [4.78, 5) is 23.4. The summed E-state index contributed by atoms with van der Waals surface area (Å²) in [6, 6.07) is 2.21. The van der Waals surface area contributed by atoms with E-state index in [0.29, 0.717) is 0 Å². The van der Waals surface area contributed by atoms with Crippen molar-refractivity contribution in [1.29, 1.82) is 0 Å². The van der Waals surface area contributed by atoms with E-state index in [4.69, 9.17) is 0 Å². The Balaban J connectivity index is 1.48. The number of amides is 1. The number of nitrogens with zero attached hydrogens (tertiary/aromatic N) is 3. The summed E-state index contributed by atoms with van der Waals surface area (Å²) in [5, 5.41) is 13.7. The van der Waals surface area contributed by atoms with Crippen molar-refractivity contribution in [3.05, 3.63) is 17.6 Å². The van der Waals surface area contributed by atoms with Crippen molar-refractivity contribution in [2.75, 3.05) is 18.0 Å². The molecular formula is C19H30N4O2. The van der Waals surface area contributed by atoms with Crippen LogP contribution in [0.5, 0.6) is 0 Å². The van der Waals surface area contributed by atoms with E-state index >= 15 is 0 Å². The predicted molar refractivity (Wildman–Crippen MR) is 97.5 cm³/mol. The molecule has 6 nitrogen and oxygen atoms in total. The van der Waals surface area contributed by atoms with Crippen LogP contribution in [-0.4, -0.2) is 45.7 Å². The monoisotopic (exact) mass is 346 g/mol. The fourth-order valence-electron chi connectivity index (χ4n) is 4.08. The second-order valence-electron chi connectivity index (χ2n) is 7.71. The van der Waals surface area contributed by atoms with Crippen LogP contribution in [0.1, 0.15) is 62.9 Å². The number of carbonyl (C=O) groups is 1. The van der Waals surface area contributed by atoms with Crippen LogP contribution in [-0.2, 0) is 4.79 Å². The van der Waals surface area contributed by atoms with Crippen LogP contribution in [0.15, 0.2) is 6.07 Å². The molecule has 2 N–H and O–H groups in total. The summed E-state index contributed by atoms with van der Waals surface area (Å²) in [6.45, 7) is 5.66. The van der Waals surface area contributed by atoms with Gasteiger partial charge in [0, 0.05) is 30.9 Å². The molecule has 0 radical (unpaired) electrons. The zero-order chi connectivity index (χ0) is 17.9. The average Bonchev–Trinajstić information content (AvgIpc) is 2.54. The second kappa shape index (κ2) is 7.68. The number of anilines is 1. The van der Waals surface area contributed by atoms with Gasteiger partial charge in [0.15, 0.2) is 0 Å². The summed E-state index contributed by atoms with van der Waals surface area (Å²) in [5.41, 5.74) is 0.206. The lowest BCUT2D eigenvalue weighted by Crippen LogP contribution is -2.47. The molecular weight excluding hydrogens is 316 g/mol. The number of aliphatic hydroxyl groups is 1. The molecule has 6 heteroatoms. The van der Waals surface area contributed by atoms with Gasteiger partial charge < -0.3 is 15.3 Å². The number of carbonyl (C=O) groups excluding carboxylic acids is 1. The van der Waals surface area contributed by atoms with E-state index in [9.17, 15) is 9.90 Å². The maximum atomic E-state index is 12.3. The lowest BCUT2D eigenvalue weighted by Gasteiger charge is -2.35. The van der Waals surface area contributed by atoms with E-state index in [1.165, 1.54) is 6.42 Å². The van der Waals surface area contributed by atoms with E-state index in [2.05, 4.69) is 20.2 Å². The topological polar surface area (TPSA) is 78.4 Å². The highest BCUT2D eigenvalue weighted by atomic mass is 16.3. The highest BCUT2D eigenvalue weighted by molar-refractivity contribution is 5.77. The van der Waals surface area contributed by atoms with Crippen LogP contribution in [0.3, 0.4) is 0 Å². The standard InChI is InChI=1S/C19H30N4O2/c1-14-12-17(21-15(2)20-14)23-10-6-16(7-11-23)22-18(24)13-19(25)8-4-3-5-9-19/h12,16,25H,3-11,13H2,1-2H3,(H,22,24). The van der Waals surface area contributed by atoms with Gasteiger partial charge in [-0.25, -0.2) is 9.97 Å². The van der Waals surface area contributed by atoms with Gasteiger partial charge in [0.25, 0.3) is 0 Å². The van der Waals surface area contributed by atoms with Crippen molar-refractivity contribution in [2.45, 2.75) is 76.9 Å². The van der Waals surface area contributed by atoms with Gasteiger partial charge in [0.05, 0.1) is 12.0 Å². The minimum atomic E-state index is -0.779. The number of hydrogen-bond acceptors (Lipinski definition) is 5. The van der Waals surface area contributed by atoms with E-state index < -0.39 is 5.60 Å². The summed E-state index contributed by atoms with van der Waals surface area (Å²) >= 11 is 0. The van der Waals surface area contributed by atoms with Crippen molar-refractivity contribution >= 4 is 11.7 Å². The molecule has 1 aliphatic carbocycles. The molecule has 1 aromatic heterocycles. The van der Waals surface area contributed by atoms with Crippen LogP contribution in [0.4, 0.5) is 5.82 Å². The molecule has 2 aliphatic rings. The van der Waals surface area contributed by atoms with E-state index in [0.717, 1.165) is 69.0 Å². The number of rotatable bonds is 4. The maximum Gasteiger partial charge on any atom is 0.223 e. The molecule has 138 valence electrons. The number of aryl methyl sites for hydroxylation is 2. The smallest absolute Gasteiger partial charge is 0.223 e. The fraction of sp³-hybridized carbons (Fsp3) is 0.737. The summed E-state index contributed by atoms with van der Waals surface area (Å²) in [5.74, 6) is 1.77. The first-order valence-electron chi connectivity index (χ1n) is 9.52. The van der Waals surface area contributed by atoms with Crippen LogP contribution in [0.25, 0.3) is 0 Å². The second-order valence-corrected chi connectivity index (χ2v) is 7.71. The van der Waals surface area contributed by atoms with Gasteiger partial charge in [-0.2, -0.15) is 0 Å². The van der Waals surface area contributed by atoms with Crippen molar-refractivity contribution in [2.24, 2.45) is 0 Å². The molecule has 2 fully saturated rings. The zero-order valence-electron chi connectivity index (χ0n) is 15.4. The molecule has 1 saturated carbocycles. The van der Waals surface area contributed by atoms with Crippen molar-refractivity contribution in [1.82, 2.24) is 15.3 Å². The lowest BCUT2D eigenvalue weighted by atomic mass is 9.82. The highest BCUT2D eigenvalue weighted by Crippen LogP contribution is 2.30. The molecule has 0 spiro atoms. The summed E-state index contributed by atoms with van der Waals surface area (Å²) in [7, 11) is 0. The van der Waals surface area contributed by atoms with Crippen LogP contribution in [0, 0.1) is 13.8 Å². The molecule has 0 atom stereocenters. The Bertz CT molecular complexity index is 585.